The Labute approximate surface area is 107 Å². The minimum atomic E-state index is -2.77. The molecule has 0 unspecified atom stereocenters. The van der Waals surface area contributed by atoms with Crippen molar-refractivity contribution in [2.45, 2.75) is 20.1 Å². The maximum absolute atomic E-state index is 12.0. The SMILES string of the molecule is CCNCCN(C)Cc1ccc(OC(F)F)cc1. The number of likely N-dealkylation sites (N-methyl/N-ethyl adjacent to an activating group) is 2. The third kappa shape index (κ3) is 5.93. The van der Waals surface area contributed by atoms with E-state index in [4.69, 9.17) is 0 Å². The molecule has 0 heterocycles. The zero-order chi connectivity index (χ0) is 13.4. The molecule has 0 fully saturated rings. The highest BCUT2D eigenvalue weighted by Crippen LogP contribution is 2.15. The van der Waals surface area contributed by atoms with Gasteiger partial charge in [0.25, 0.3) is 0 Å². The molecule has 1 aromatic rings. The molecule has 0 amide bonds. The summed E-state index contributed by atoms with van der Waals surface area (Å²) in [6.07, 6.45) is 0. The lowest BCUT2D eigenvalue weighted by Gasteiger charge is -2.17. The molecular weight excluding hydrogens is 238 g/mol. The molecule has 0 saturated carbocycles. The molecule has 0 saturated heterocycles. The summed E-state index contributed by atoms with van der Waals surface area (Å²) in [4.78, 5) is 2.17. The van der Waals surface area contributed by atoms with Gasteiger partial charge in [-0.3, -0.25) is 0 Å². The zero-order valence-electron chi connectivity index (χ0n) is 10.8. The Morgan fingerprint density at radius 1 is 1.28 bits per heavy atom. The van der Waals surface area contributed by atoms with Crippen LogP contribution >= 0.6 is 0 Å². The Kier molecular flexibility index (Phi) is 6.60. The molecule has 0 radical (unpaired) electrons. The Bertz CT molecular complexity index is 330. The number of benzene rings is 1. The maximum Gasteiger partial charge on any atom is 0.387 e. The molecule has 0 atom stereocenters. The van der Waals surface area contributed by atoms with Gasteiger partial charge in [0.2, 0.25) is 0 Å². The van der Waals surface area contributed by atoms with Crippen molar-refractivity contribution in [2.75, 3.05) is 26.7 Å². The van der Waals surface area contributed by atoms with Gasteiger partial charge in [-0.2, -0.15) is 8.78 Å². The molecule has 3 nitrogen and oxygen atoms in total. The maximum atomic E-state index is 12.0. The zero-order valence-corrected chi connectivity index (χ0v) is 10.8. The molecule has 0 aliphatic heterocycles. The first-order valence-electron chi connectivity index (χ1n) is 6.05. The van der Waals surface area contributed by atoms with Gasteiger partial charge in [0, 0.05) is 19.6 Å². The van der Waals surface area contributed by atoms with E-state index in [-0.39, 0.29) is 5.75 Å². The lowest BCUT2D eigenvalue weighted by atomic mass is 10.2. The normalized spacial score (nSPS) is 11.2. The third-order valence-corrected chi connectivity index (χ3v) is 2.52. The number of nitrogens with one attached hydrogen (secondary N) is 1. The third-order valence-electron chi connectivity index (χ3n) is 2.52. The van der Waals surface area contributed by atoms with E-state index < -0.39 is 6.61 Å². The van der Waals surface area contributed by atoms with E-state index in [1.54, 1.807) is 12.1 Å². The van der Waals surface area contributed by atoms with Crippen LogP contribution in [0.4, 0.5) is 8.78 Å². The topological polar surface area (TPSA) is 24.5 Å². The predicted octanol–water partition coefficient (Wildman–Crippen LogP) is 2.33. The number of hydrogen-bond donors (Lipinski definition) is 1. The van der Waals surface area contributed by atoms with E-state index in [1.165, 1.54) is 0 Å². The van der Waals surface area contributed by atoms with Crippen molar-refractivity contribution in [3.63, 3.8) is 0 Å². The first-order valence-corrected chi connectivity index (χ1v) is 6.05. The van der Waals surface area contributed by atoms with Crippen LogP contribution in [-0.2, 0) is 6.54 Å². The minimum Gasteiger partial charge on any atom is -0.435 e. The first kappa shape index (κ1) is 14.9. The molecular formula is C13H20F2N2O. The number of hydrogen-bond acceptors (Lipinski definition) is 3. The van der Waals surface area contributed by atoms with E-state index in [0.29, 0.717) is 0 Å². The fourth-order valence-corrected chi connectivity index (χ4v) is 1.61. The highest BCUT2D eigenvalue weighted by atomic mass is 19.3. The predicted molar refractivity (Wildman–Crippen MR) is 68.0 cm³/mol. The largest absolute Gasteiger partial charge is 0.435 e. The van der Waals surface area contributed by atoms with Gasteiger partial charge in [-0.05, 0) is 31.3 Å². The van der Waals surface area contributed by atoms with Crippen LogP contribution in [0, 0.1) is 0 Å². The summed E-state index contributed by atoms with van der Waals surface area (Å²) in [5, 5.41) is 3.25. The van der Waals surface area contributed by atoms with Crippen LogP contribution in [0.3, 0.4) is 0 Å². The van der Waals surface area contributed by atoms with Crippen LogP contribution in [0.5, 0.6) is 5.75 Å². The smallest absolute Gasteiger partial charge is 0.387 e. The van der Waals surface area contributed by atoms with E-state index in [9.17, 15) is 8.78 Å². The second kappa shape index (κ2) is 8.00. The molecule has 1 rings (SSSR count). The van der Waals surface area contributed by atoms with E-state index >= 15 is 0 Å². The Morgan fingerprint density at radius 3 is 2.50 bits per heavy atom. The van der Waals surface area contributed by atoms with E-state index in [0.717, 1.165) is 31.7 Å². The van der Waals surface area contributed by atoms with Gasteiger partial charge in [0.1, 0.15) is 5.75 Å². The van der Waals surface area contributed by atoms with Crippen molar-refractivity contribution >= 4 is 0 Å². The number of ether oxygens (including phenoxy) is 1. The quantitative estimate of drug-likeness (QED) is 0.724. The second-order valence-corrected chi connectivity index (χ2v) is 4.11. The highest BCUT2D eigenvalue weighted by molar-refractivity contribution is 5.27. The van der Waals surface area contributed by atoms with Crippen molar-refractivity contribution in [3.05, 3.63) is 29.8 Å². The summed E-state index contributed by atoms with van der Waals surface area (Å²) < 4.78 is 28.2. The summed E-state index contributed by atoms with van der Waals surface area (Å²) in [6, 6.07) is 6.75. The first-order chi connectivity index (χ1) is 8.61. The summed E-state index contributed by atoms with van der Waals surface area (Å²) in [7, 11) is 2.03. The Morgan fingerprint density at radius 2 is 1.94 bits per heavy atom. The summed E-state index contributed by atoms with van der Waals surface area (Å²) >= 11 is 0. The standard InChI is InChI=1S/C13H20F2N2O/c1-3-16-8-9-17(2)10-11-4-6-12(7-5-11)18-13(14)15/h4-7,13,16H,3,8-10H2,1-2H3. The average molecular weight is 258 g/mol. The average Bonchev–Trinajstić information content (AvgIpc) is 2.31. The number of alkyl halides is 2. The molecule has 0 aliphatic rings. The molecule has 1 aromatic carbocycles. The Hall–Kier alpha value is -1.20. The van der Waals surface area contributed by atoms with Gasteiger partial charge < -0.3 is 15.0 Å². The van der Waals surface area contributed by atoms with Crippen molar-refractivity contribution in [3.8, 4) is 5.75 Å². The molecule has 0 bridgehead atoms. The van der Waals surface area contributed by atoms with Crippen LogP contribution in [0.2, 0.25) is 0 Å². The summed E-state index contributed by atoms with van der Waals surface area (Å²) in [6.45, 7) is 2.96. The number of rotatable bonds is 8. The Balaban J connectivity index is 2.38. The monoisotopic (exact) mass is 258 g/mol. The van der Waals surface area contributed by atoms with E-state index in [1.807, 2.05) is 19.2 Å². The second-order valence-electron chi connectivity index (χ2n) is 4.11. The fraction of sp³-hybridized carbons (Fsp3) is 0.538. The van der Waals surface area contributed by atoms with Crippen molar-refractivity contribution in [2.24, 2.45) is 0 Å². The lowest BCUT2D eigenvalue weighted by Crippen LogP contribution is -2.28. The van der Waals surface area contributed by atoms with Gasteiger partial charge >= 0.3 is 6.61 Å². The van der Waals surface area contributed by atoms with Crippen LogP contribution in [0.25, 0.3) is 0 Å². The van der Waals surface area contributed by atoms with Crippen LogP contribution in [0.15, 0.2) is 24.3 Å². The molecule has 102 valence electrons. The molecule has 5 heteroatoms. The highest BCUT2D eigenvalue weighted by Gasteiger charge is 2.04. The van der Waals surface area contributed by atoms with Crippen molar-refractivity contribution in [1.82, 2.24) is 10.2 Å². The molecule has 0 aromatic heterocycles. The summed E-state index contributed by atoms with van der Waals surface area (Å²) in [5.41, 5.74) is 1.08. The fourth-order valence-electron chi connectivity index (χ4n) is 1.61. The van der Waals surface area contributed by atoms with Gasteiger partial charge in [-0.25, -0.2) is 0 Å². The van der Waals surface area contributed by atoms with Crippen LogP contribution < -0.4 is 10.1 Å². The van der Waals surface area contributed by atoms with Crippen molar-refractivity contribution in [1.29, 1.82) is 0 Å². The lowest BCUT2D eigenvalue weighted by molar-refractivity contribution is -0.0498. The van der Waals surface area contributed by atoms with Crippen LogP contribution in [-0.4, -0.2) is 38.2 Å². The van der Waals surface area contributed by atoms with Gasteiger partial charge in [0.05, 0.1) is 0 Å². The number of halogens is 2. The molecule has 0 spiro atoms. The van der Waals surface area contributed by atoms with E-state index in [2.05, 4.69) is 21.9 Å². The minimum absolute atomic E-state index is 0.198. The molecule has 18 heavy (non-hydrogen) atoms. The molecule has 0 aliphatic carbocycles. The van der Waals surface area contributed by atoms with Gasteiger partial charge in [-0.1, -0.05) is 19.1 Å². The number of nitrogens with zero attached hydrogens (tertiary/aromatic N) is 1. The molecule has 1 N–H and O–H groups in total. The van der Waals surface area contributed by atoms with Gasteiger partial charge in [0.15, 0.2) is 0 Å². The summed E-state index contributed by atoms with van der Waals surface area (Å²) in [5.74, 6) is 0.198. The van der Waals surface area contributed by atoms with Crippen LogP contribution in [0.1, 0.15) is 12.5 Å². The van der Waals surface area contributed by atoms with Gasteiger partial charge in [-0.15, -0.1) is 0 Å². The van der Waals surface area contributed by atoms with Crippen molar-refractivity contribution < 1.29 is 13.5 Å².